The third-order valence-corrected chi connectivity index (χ3v) is 2.78. The van der Waals surface area contributed by atoms with Crippen molar-refractivity contribution in [1.82, 2.24) is 20.5 Å². The molecule has 2 heterocycles. The number of pyridine rings is 1. The van der Waals surface area contributed by atoms with Crippen molar-refractivity contribution in [2.24, 2.45) is 0 Å². The number of aromatic nitrogens is 3. The molecular weight excluding hydrogens is 268 g/mol. The van der Waals surface area contributed by atoms with E-state index in [1.165, 1.54) is 0 Å². The number of nitrogens with one attached hydrogen (secondary N) is 1. The van der Waals surface area contributed by atoms with Gasteiger partial charge in [0, 0.05) is 24.7 Å². The maximum atomic E-state index is 5.76. The van der Waals surface area contributed by atoms with Crippen LogP contribution in [0.25, 0.3) is 0 Å². The molecule has 1 N–H and O–H groups in total. The first kappa shape index (κ1) is 15.4. The highest BCUT2D eigenvalue weighted by molar-refractivity contribution is 5.29. The van der Waals surface area contributed by atoms with Crippen molar-refractivity contribution >= 4 is 0 Å². The van der Waals surface area contributed by atoms with Crippen LogP contribution >= 0.6 is 0 Å². The Morgan fingerprint density at radius 1 is 1.19 bits per heavy atom. The largest absolute Gasteiger partial charge is 0.482 e. The summed E-state index contributed by atoms with van der Waals surface area (Å²) in [4.78, 5) is 4.54. The van der Waals surface area contributed by atoms with E-state index in [9.17, 15) is 0 Å². The molecule has 21 heavy (non-hydrogen) atoms. The van der Waals surface area contributed by atoms with Crippen molar-refractivity contribution in [3.63, 3.8) is 0 Å². The summed E-state index contributed by atoms with van der Waals surface area (Å²) < 4.78 is 11.1. The molecule has 6 heteroatoms. The quantitative estimate of drug-likeness (QED) is 0.912. The van der Waals surface area contributed by atoms with Crippen LogP contribution in [-0.2, 0) is 13.2 Å². The van der Waals surface area contributed by atoms with Crippen LogP contribution in [0.2, 0.25) is 0 Å². The Morgan fingerprint density at radius 3 is 2.57 bits per heavy atom. The Kier molecular flexibility index (Phi) is 4.57. The van der Waals surface area contributed by atoms with Crippen LogP contribution in [0.1, 0.15) is 43.9 Å². The minimum atomic E-state index is 0.0201. The van der Waals surface area contributed by atoms with Gasteiger partial charge in [0.25, 0.3) is 5.89 Å². The van der Waals surface area contributed by atoms with Gasteiger partial charge >= 0.3 is 0 Å². The van der Waals surface area contributed by atoms with Gasteiger partial charge in [0.2, 0.25) is 5.89 Å². The summed E-state index contributed by atoms with van der Waals surface area (Å²) in [7, 11) is 0. The monoisotopic (exact) mass is 290 g/mol. The molecule has 0 aliphatic carbocycles. The molecule has 0 radical (unpaired) electrons. The van der Waals surface area contributed by atoms with Gasteiger partial charge in [0.15, 0.2) is 6.61 Å². The molecule has 2 rings (SSSR count). The lowest BCUT2D eigenvalue weighted by atomic mass is 10.1. The standard InChI is InChI=1S/C15H22N4O2/c1-10-6-7-13(12(17-10)8-16-15(3,4)5)20-9-14-19-18-11(2)21-14/h6-7,16H,8-9H2,1-5H3. The second kappa shape index (κ2) is 6.22. The molecule has 0 aliphatic rings. The molecule has 0 aliphatic heterocycles. The van der Waals surface area contributed by atoms with Crippen molar-refractivity contribution in [2.75, 3.05) is 0 Å². The molecule has 0 unspecified atom stereocenters. The summed E-state index contributed by atoms with van der Waals surface area (Å²) in [5.41, 5.74) is 1.86. The van der Waals surface area contributed by atoms with Crippen molar-refractivity contribution in [2.45, 2.75) is 53.3 Å². The molecule has 0 atom stereocenters. The Balaban J connectivity index is 2.07. The summed E-state index contributed by atoms with van der Waals surface area (Å²) in [5.74, 6) is 1.72. The number of hydrogen-bond acceptors (Lipinski definition) is 6. The number of nitrogens with zero attached hydrogens (tertiary/aromatic N) is 3. The van der Waals surface area contributed by atoms with E-state index in [0.717, 1.165) is 17.1 Å². The molecule has 0 spiro atoms. The molecule has 6 nitrogen and oxygen atoms in total. The maximum absolute atomic E-state index is 5.76. The lowest BCUT2D eigenvalue weighted by Gasteiger charge is -2.21. The third kappa shape index (κ3) is 4.82. The van der Waals surface area contributed by atoms with E-state index in [1.807, 2.05) is 19.1 Å². The zero-order valence-corrected chi connectivity index (χ0v) is 13.2. The van der Waals surface area contributed by atoms with Crippen LogP contribution < -0.4 is 10.1 Å². The highest BCUT2D eigenvalue weighted by Gasteiger charge is 2.13. The van der Waals surface area contributed by atoms with Gasteiger partial charge in [-0.1, -0.05) is 0 Å². The van der Waals surface area contributed by atoms with E-state index in [1.54, 1.807) is 6.92 Å². The summed E-state index contributed by atoms with van der Waals surface area (Å²) in [6.07, 6.45) is 0. The molecule has 0 bridgehead atoms. The predicted octanol–water partition coefficient (Wildman–Crippen LogP) is 2.55. The lowest BCUT2D eigenvalue weighted by molar-refractivity contribution is 0.255. The minimum Gasteiger partial charge on any atom is -0.482 e. The zero-order valence-electron chi connectivity index (χ0n) is 13.2. The highest BCUT2D eigenvalue weighted by atomic mass is 16.5. The van der Waals surface area contributed by atoms with Gasteiger partial charge in [-0.2, -0.15) is 0 Å². The number of aryl methyl sites for hydroxylation is 2. The first-order chi connectivity index (χ1) is 9.83. The number of rotatable bonds is 5. The molecule has 0 aromatic carbocycles. The maximum Gasteiger partial charge on any atom is 0.253 e. The van der Waals surface area contributed by atoms with Gasteiger partial charge in [-0.15, -0.1) is 10.2 Å². The predicted molar refractivity (Wildman–Crippen MR) is 78.9 cm³/mol. The van der Waals surface area contributed by atoms with Crippen molar-refractivity contribution in [3.8, 4) is 5.75 Å². The Hall–Kier alpha value is -1.95. The van der Waals surface area contributed by atoms with E-state index in [2.05, 4.69) is 41.3 Å². The molecule has 0 fully saturated rings. The Labute approximate surface area is 124 Å². The second-order valence-electron chi connectivity index (χ2n) is 6.00. The van der Waals surface area contributed by atoms with Crippen molar-refractivity contribution in [1.29, 1.82) is 0 Å². The van der Waals surface area contributed by atoms with Gasteiger partial charge in [-0.25, -0.2) is 0 Å². The van der Waals surface area contributed by atoms with Gasteiger partial charge in [-0.05, 0) is 39.8 Å². The molecule has 114 valence electrons. The molecule has 2 aromatic heterocycles. The minimum absolute atomic E-state index is 0.0201. The highest BCUT2D eigenvalue weighted by Crippen LogP contribution is 2.19. The fraction of sp³-hybridized carbons (Fsp3) is 0.533. The average molecular weight is 290 g/mol. The van der Waals surface area contributed by atoms with Gasteiger partial charge in [0.1, 0.15) is 5.75 Å². The van der Waals surface area contributed by atoms with Crippen molar-refractivity contribution < 1.29 is 9.15 Å². The van der Waals surface area contributed by atoms with E-state index < -0.39 is 0 Å². The first-order valence-corrected chi connectivity index (χ1v) is 6.97. The van der Waals surface area contributed by atoms with Gasteiger partial charge in [0.05, 0.1) is 5.69 Å². The van der Waals surface area contributed by atoms with Gasteiger partial charge < -0.3 is 14.5 Å². The summed E-state index contributed by atoms with van der Waals surface area (Å²) >= 11 is 0. The fourth-order valence-corrected chi connectivity index (χ4v) is 1.74. The topological polar surface area (TPSA) is 73.1 Å². The van der Waals surface area contributed by atoms with E-state index in [-0.39, 0.29) is 12.1 Å². The van der Waals surface area contributed by atoms with Crippen LogP contribution in [0, 0.1) is 13.8 Å². The third-order valence-electron chi connectivity index (χ3n) is 2.78. The van der Waals surface area contributed by atoms with E-state index >= 15 is 0 Å². The normalized spacial score (nSPS) is 11.7. The average Bonchev–Trinajstić information content (AvgIpc) is 2.80. The second-order valence-corrected chi connectivity index (χ2v) is 6.00. The number of hydrogen-bond donors (Lipinski definition) is 1. The summed E-state index contributed by atoms with van der Waals surface area (Å²) in [6, 6.07) is 3.85. The molecule has 0 saturated carbocycles. The van der Waals surface area contributed by atoms with Crippen LogP contribution in [0.5, 0.6) is 5.75 Å². The molecule has 0 amide bonds. The first-order valence-electron chi connectivity index (χ1n) is 6.97. The lowest BCUT2D eigenvalue weighted by Crippen LogP contribution is -2.35. The van der Waals surface area contributed by atoms with Crippen LogP contribution in [-0.4, -0.2) is 20.7 Å². The van der Waals surface area contributed by atoms with E-state index in [4.69, 9.17) is 9.15 Å². The molecule has 0 saturated heterocycles. The van der Waals surface area contributed by atoms with Crippen molar-refractivity contribution in [3.05, 3.63) is 35.3 Å². The fourth-order valence-electron chi connectivity index (χ4n) is 1.74. The van der Waals surface area contributed by atoms with E-state index in [0.29, 0.717) is 18.3 Å². The Bertz CT molecular complexity index is 602. The summed E-state index contributed by atoms with van der Waals surface area (Å²) in [6.45, 7) is 10.9. The molecular formula is C15H22N4O2. The molecule has 2 aromatic rings. The summed E-state index contributed by atoms with van der Waals surface area (Å²) in [5, 5.41) is 11.1. The SMILES string of the molecule is Cc1ccc(OCc2nnc(C)o2)c(CNC(C)(C)C)n1. The Morgan fingerprint density at radius 2 is 1.95 bits per heavy atom. The van der Waals surface area contributed by atoms with Crippen LogP contribution in [0.4, 0.5) is 0 Å². The van der Waals surface area contributed by atoms with Gasteiger partial charge in [-0.3, -0.25) is 4.98 Å². The zero-order chi connectivity index (χ0) is 15.5. The smallest absolute Gasteiger partial charge is 0.253 e. The van der Waals surface area contributed by atoms with Crippen LogP contribution in [0.15, 0.2) is 16.5 Å². The van der Waals surface area contributed by atoms with Crippen LogP contribution in [0.3, 0.4) is 0 Å². The number of ether oxygens (including phenoxy) is 1.